The van der Waals surface area contributed by atoms with E-state index in [1.54, 1.807) is 0 Å². The molecule has 0 heterocycles. The van der Waals surface area contributed by atoms with Gasteiger partial charge in [0.25, 0.3) is 0 Å². The zero-order valence-corrected chi connectivity index (χ0v) is 16.4. The van der Waals surface area contributed by atoms with Gasteiger partial charge in [-0.05, 0) is 80.6 Å². The van der Waals surface area contributed by atoms with Crippen molar-refractivity contribution in [1.29, 1.82) is 10.8 Å². The Morgan fingerprint density at radius 3 is 1.61 bits per heavy atom. The number of hydrogen-bond donors (Lipinski definition) is 4. The van der Waals surface area contributed by atoms with Gasteiger partial charge < -0.3 is 20.9 Å². The minimum absolute atomic E-state index is 0.0706. The van der Waals surface area contributed by atoms with Gasteiger partial charge in [-0.15, -0.1) is 0 Å². The second kappa shape index (κ2) is 8.33. The minimum Gasteiger partial charge on any atom is -0.490 e. The van der Waals surface area contributed by atoms with Gasteiger partial charge in [0.1, 0.15) is 35.4 Å². The van der Waals surface area contributed by atoms with Crippen LogP contribution in [0.4, 0.5) is 0 Å². The first-order valence-corrected chi connectivity index (χ1v) is 9.57. The number of rotatable bonds is 6. The van der Waals surface area contributed by atoms with Crippen molar-refractivity contribution >= 4 is 11.7 Å². The molecule has 0 bridgehead atoms. The summed E-state index contributed by atoms with van der Waals surface area (Å²) >= 11 is 0. The lowest BCUT2D eigenvalue weighted by atomic mass is 9.94. The fourth-order valence-corrected chi connectivity index (χ4v) is 3.72. The van der Waals surface area contributed by atoms with Gasteiger partial charge in [-0.1, -0.05) is 0 Å². The Hall–Kier alpha value is -3.02. The summed E-state index contributed by atoms with van der Waals surface area (Å²) < 4.78 is 12.4. The van der Waals surface area contributed by atoms with Crippen molar-refractivity contribution in [2.45, 2.75) is 51.7 Å². The number of nitrogens with one attached hydrogen (secondary N) is 2. The first kappa shape index (κ1) is 19.7. The van der Waals surface area contributed by atoms with E-state index in [-0.39, 0.29) is 23.9 Å². The molecular weight excluding hydrogens is 352 g/mol. The number of ether oxygens (including phenoxy) is 2. The third-order valence-electron chi connectivity index (χ3n) is 5.16. The summed E-state index contributed by atoms with van der Waals surface area (Å²) in [5.41, 5.74) is 14.5. The van der Waals surface area contributed by atoms with Gasteiger partial charge in [0.05, 0.1) is 0 Å². The van der Waals surface area contributed by atoms with Crippen LogP contribution in [-0.4, -0.2) is 23.9 Å². The van der Waals surface area contributed by atoms with Crippen LogP contribution < -0.4 is 20.9 Å². The molecule has 0 saturated heterocycles. The zero-order valence-electron chi connectivity index (χ0n) is 16.4. The van der Waals surface area contributed by atoms with E-state index < -0.39 is 0 Å². The van der Waals surface area contributed by atoms with E-state index in [9.17, 15) is 0 Å². The highest BCUT2D eigenvalue weighted by molar-refractivity contribution is 5.96. The lowest BCUT2D eigenvalue weighted by Gasteiger charge is -2.30. The summed E-state index contributed by atoms with van der Waals surface area (Å²) in [7, 11) is 0. The first-order valence-electron chi connectivity index (χ1n) is 9.57. The van der Waals surface area contributed by atoms with Crippen LogP contribution in [0.3, 0.4) is 0 Å². The molecule has 2 aromatic carbocycles. The number of nitrogens with two attached hydrogens (primary N) is 2. The largest absolute Gasteiger partial charge is 0.490 e. The monoisotopic (exact) mass is 380 g/mol. The second-order valence-electron chi connectivity index (χ2n) is 7.43. The fourth-order valence-electron chi connectivity index (χ4n) is 3.72. The molecule has 0 aliphatic heterocycles. The van der Waals surface area contributed by atoms with E-state index >= 15 is 0 Å². The highest BCUT2D eigenvalue weighted by Crippen LogP contribution is 2.28. The average Bonchev–Trinajstić information content (AvgIpc) is 2.61. The Balaban J connectivity index is 1.63. The van der Waals surface area contributed by atoms with E-state index in [1.165, 1.54) is 0 Å². The maximum atomic E-state index is 7.59. The Morgan fingerprint density at radius 1 is 0.821 bits per heavy atom. The van der Waals surface area contributed by atoms with Crippen molar-refractivity contribution in [3.05, 3.63) is 58.7 Å². The summed E-state index contributed by atoms with van der Waals surface area (Å²) in [6.45, 7) is 3.87. The van der Waals surface area contributed by atoms with Gasteiger partial charge in [-0.3, -0.25) is 10.8 Å². The van der Waals surface area contributed by atoms with Crippen LogP contribution >= 0.6 is 0 Å². The Morgan fingerprint density at radius 2 is 1.25 bits per heavy atom. The number of amidine groups is 2. The number of nitrogen functional groups attached to an aromatic ring is 2. The standard InChI is InChI=1S/C22H28N4O2/c1-13-10-17(6-8-19(13)21(23)24)27-15-4-3-5-16(12-15)28-18-7-9-20(22(25)26)14(2)11-18/h6-11,15-16H,3-5,12H2,1-2H3,(H3,23,24)(H3,25,26)/t15-,16+. The van der Waals surface area contributed by atoms with Gasteiger partial charge in [-0.25, -0.2) is 0 Å². The lowest BCUT2D eigenvalue weighted by Crippen LogP contribution is -2.32. The summed E-state index contributed by atoms with van der Waals surface area (Å²) in [4.78, 5) is 0. The molecule has 0 aromatic heterocycles. The Bertz CT molecular complexity index is 823. The van der Waals surface area contributed by atoms with E-state index in [2.05, 4.69) is 0 Å². The Kier molecular flexibility index (Phi) is 5.87. The SMILES string of the molecule is Cc1cc(O[C@@H]2CCC[C@H](Oc3ccc(C(=N)N)c(C)c3)C2)ccc1C(=N)N. The fraction of sp³-hybridized carbons (Fsp3) is 0.364. The van der Waals surface area contributed by atoms with Crippen LogP contribution in [0.1, 0.15) is 47.9 Å². The lowest BCUT2D eigenvalue weighted by molar-refractivity contribution is 0.0680. The van der Waals surface area contributed by atoms with Crippen molar-refractivity contribution in [2.75, 3.05) is 0 Å². The molecule has 2 atom stereocenters. The molecule has 6 N–H and O–H groups in total. The summed E-state index contributed by atoms with van der Waals surface area (Å²) in [5.74, 6) is 1.74. The van der Waals surface area contributed by atoms with Gasteiger partial charge in [0.2, 0.25) is 0 Å². The number of hydrogen-bond acceptors (Lipinski definition) is 4. The van der Waals surface area contributed by atoms with E-state index in [4.69, 9.17) is 31.8 Å². The van der Waals surface area contributed by atoms with Crippen LogP contribution in [0.25, 0.3) is 0 Å². The molecule has 0 spiro atoms. The van der Waals surface area contributed by atoms with Crippen LogP contribution in [0.5, 0.6) is 11.5 Å². The van der Waals surface area contributed by atoms with Crippen molar-refractivity contribution < 1.29 is 9.47 Å². The Labute approximate surface area is 165 Å². The molecule has 6 heteroatoms. The van der Waals surface area contributed by atoms with Crippen molar-refractivity contribution in [1.82, 2.24) is 0 Å². The molecule has 28 heavy (non-hydrogen) atoms. The van der Waals surface area contributed by atoms with Crippen LogP contribution in [0, 0.1) is 24.7 Å². The van der Waals surface area contributed by atoms with Crippen molar-refractivity contribution in [2.24, 2.45) is 11.5 Å². The van der Waals surface area contributed by atoms with E-state index in [0.29, 0.717) is 0 Å². The highest BCUT2D eigenvalue weighted by atomic mass is 16.5. The normalized spacial score (nSPS) is 19.1. The third-order valence-corrected chi connectivity index (χ3v) is 5.16. The molecule has 3 rings (SSSR count). The molecule has 1 aliphatic rings. The van der Waals surface area contributed by atoms with Gasteiger partial charge in [0, 0.05) is 17.5 Å². The molecular formula is C22H28N4O2. The molecule has 0 radical (unpaired) electrons. The molecule has 1 aliphatic carbocycles. The molecule has 1 saturated carbocycles. The average molecular weight is 380 g/mol. The molecule has 1 fully saturated rings. The zero-order chi connectivity index (χ0) is 20.3. The predicted molar refractivity (Wildman–Crippen MR) is 112 cm³/mol. The minimum atomic E-state index is 0.0706. The van der Waals surface area contributed by atoms with Crippen LogP contribution in [0.2, 0.25) is 0 Å². The van der Waals surface area contributed by atoms with Crippen molar-refractivity contribution in [3.8, 4) is 11.5 Å². The molecule has 148 valence electrons. The van der Waals surface area contributed by atoms with Gasteiger partial charge >= 0.3 is 0 Å². The maximum Gasteiger partial charge on any atom is 0.123 e. The highest BCUT2D eigenvalue weighted by Gasteiger charge is 2.25. The quantitative estimate of drug-likeness (QED) is 0.452. The van der Waals surface area contributed by atoms with Crippen molar-refractivity contribution in [3.63, 3.8) is 0 Å². The van der Waals surface area contributed by atoms with Crippen LogP contribution in [0.15, 0.2) is 36.4 Å². The van der Waals surface area contributed by atoms with Crippen LogP contribution in [-0.2, 0) is 0 Å². The summed E-state index contributed by atoms with van der Waals surface area (Å²) in [6.07, 6.45) is 4.05. The van der Waals surface area contributed by atoms with E-state index in [0.717, 1.165) is 59.4 Å². The maximum absolute atomic E-state index is 7.59. The molecule has 2 aromatic rings. The van der Waals surface area contributed by atoms with E-state index in [1.807, 2.05) is 50.2 Å². The number of aryl methyl sites for hydroxylation is 2. The summed E-state index contributed by atoms with van der Waals surface area (Å²) in [6, 6.07) is 11.3. The topological polar surface area (TPSA) is 118 Å². The predicted octanol–water partition coefficient (Wildman–Crippen LogP) is 3.64. The molecule has 0 unspecified atom stereocenters. The third kappa shape index (κ3) is 4.63. The molecule has 0 amide bonds. The summed E-state index contributed by atoms with van der Waals surface area (Å²) in [5, 5.41) is 15.2. The number of benzene rings is 2. The second-order valence-corrected chi connectivity index (χ2v) is 7.43. The van der Waals surface area contributed by atoms with Gasteiger partial charge in [0.15, 0.2) is 0 Å². The van der Waals surface area contributed by atoms with Gasteiger partial charge in [-0.2, -0.15) is 0 Å². The smallest absolute Gasteiger partial charge is 0.123 e. The first-order chi connectivity index (χ1) is 13.3. The molecule has 6 nitrogen and oxygen atoms in total.